The highest BCUT2D eigenvalue weighted by Gasteiger charge is 2.30. The van der Waals surface area contributed by atoms with Crippen LogP contribution in [0.1, 0.15) is 60.7 Å². The second-order valence-corrected chi connectivity index (χ2v) is 10.2. The van der Waals surface area contributed by atoms with Gasteiger partial charge >= 0.3 is 0 Å². The third-order valence-electron chi connectivity index (χ3n) is 6.22. The van der Waals surface area contributed by atoms with Crippen LogP contribution in [0.4, 0.5) is 0 Å². The number of carbonyl (C=O) groups excluding carboxylic acids is 1. The van der Waals surface area contributed by atoms with Crippen LogP contribution in [0.15, 0.2) is 52.0 Å². The molecule has 7 nitrogen and oxygen atoms in total. The van der Waals surface area contributed by atoms with Crippen molar-refractivity contribution >= 4 is 15.9 Å². The molecule has 0 bridgehead atoms. The van der Waals surface area contributed by atoms with Gasteiger partial charge in [0.2, 0.25) is 10.0 Å². The predicted molar refractivity (Wildman–Crippen MR) is 118 cm³/mol. The standard InChI is InChI=1S/C23H31N3O4S/c27-23(24-18-20(21-11-9-17-30-21)25-13-5-1-6-14-25)19-10-3-4-12-22(19)31(28,29)26-15-7-2-8-16-26/h3-4,9-12,17,20H,1-2,5-8,13-16,18H2,(H,24,27). The van der Waals surface area contributed by atoms with Gasteiger partial charge in [-0.05, 0) is 63.0 Å². The molecule has 0 radical (unpaired) electrons. The molecular weight excluding hydrogens is 414 g/mol. The molecule has 1 aromatic heterocycles. The van der Waals surface area contributed by atoms with Crippen molar-refractivity contribution in [1.29, 1.82) is 0 Å². The maximum Gasteiger partial charge on any atom is 0.252 e. The summed E-state index contributed by atoms with van der Waals surface area (Å²) in [6.45, 7) is 3.30. The number of likely N-dealkylation sites (tertiary alicyclic amines) is 1. The summed E-state index contributed by atoms with van der Waals surface area (Å²) in [6.07, 6.45) is 7.87. The van der Waals surface area contributed by atoms with Gasteiger partial charge in [0.05, 0.1) is 22.8 Å². The molecule has 0 aliphatic carbocycles. The van der Waals surface area contributed by atoms with Crippen LogP contribution in [0.25, 0.3) is 0 Å². The molecule has 1 atom stereocenters. The lowest BCUT2D eigenvalue weighted by molar-refractivity contribution is 0.0910. The molecule has 0 saturated carbocycles. The van der Waals surface area contributed by atoms with Crippen LogP contribution in [-0.2, 0) is 10.0 Å². The Kier molecular flexibility index (Phi) is 7.09. The number of nitrogens with one attached hydrogen (secondary N) is 1. The molecule has 4 rings (SSSR count). The molecule has 1 amide bonds. The highest BCUT2D eigenvalue weighted by Crippen LogP contribution is 2.26. The molecule has 8 heteroatoms. The summed E-state index contributed by atoms with van der Waals surface area (Å²) >= 11 is 0. The number of sulfonamides is 1. The minimum absolute atomic E-state index is 0.0647. The van der Waals surface area contributed by atoms with Gasteiger partial charge in [-0.15, -0.1) is 0 Å². The first-order valence-corrected chi connectivity index (χ1v) is 12.7. The fourth-order valence-electron chi connectivity index (χ4n) is 4.53. The van der Waals surface area contributed by atoms with Crippen LogP contribution in [0.2, 0.25) is 0 Å². The molecule has 1 unspecified atom stereocenters. The monoisotopic (exact) mass is 445 g/mol. The zero-order chi connectivity index (χ0) is 21.7. The molecule has 2 aliphatic heterocycles. The average molecular weight is 446 g/mol. The van der Waals surface area contributed by atoms with Gasteiger partial charge < -0.3 is 9.73 Å². The second kappa shape index (κ2) is 9.97. The first-order valence-electron chi connectivity index (χ1n) is 11.2. The largest absolute Gasteiger partial charge is 0.468 e. The van der Waals surface area contributed by atoms with Crippen LogP contribution in [0, 0.1) is 0 Å². The molecular formula is C23H31N3O4S. The van der Waals surface area contributed by atoms with Crippen molar-refractivity contribution in [2.75, 3.05) is 32.7 Å². The van der Waals surface area contributed by atoms with Crippen molar-refractivity contribution in [3.63, 3.8) is 0 Å². The summed E-state index contributed by atoms with van der Waals surface area (Å²) in [6, 6.07) is 10.2. The van der Waals surface area contributed by atoms with Crippen LogP contribution in [0.5, 0.6) is 0 Å². The highest BCUT2D eigenvalue weighted by atomic mass is 32.2. The number of piperidine rings is 2. The van der Waals surface area contributed by atoms with Crippen LogP contribution >= 0.6 is 0 Å². The number of benzene rings is 1. The number of hydrogen-bond donors (Lipinski definition) is 1. The van der Waals surface area contributed by atoms with Crippen LogP contribution in [0.3, 0.4) is 0 Å². The number of rotatable bonds is 7. The molecule has 1 N–H and O–H groups in total. The lowest BCUT2D eigenvalue weighted by Crippen LogP contribution is -2.41. The van der Waals surface area contributed by atoms with Gasteiger partial charge in [0.1, 0.15) is 5.76 Å². The van der Waals surface area contributed by atoms with E-state index in [1.165, 1.54) is 16.8 Å². The molecule has 1 aromatic carbocycles. The lowest BCUT2D eigenvalue weighted by Gasteiger charge is -2.33. The minimum Gasteiger partial charge on any atom is -0.468 e. The Morgan fingerprint density at radius 2 is 1.61 bits per heavy atom. The number of nitrogens with zero attached hydrogens (tertiary/aromatic N) is 2. The summed E-state index contributed by atoms with van der Waals surface area (Å²) in [4.78, 5) is 15.5. The van der Waals surface area contributed by atoms with E-state index in [1.807, 2.05) is 12.1 Å². The Bertz CT molecular complexity index is 962. The van der Waals surface area contributed by atoms with Crippen molar-refractivity contribution in [2.24, 2.45) is 0 Å². The van der Waals surface area contributed by atoms with Gasteiger partial charge in [-0.1, -0.05) is 25.0 Å². The lowest BCUT2D eigenvalue weighted by atomic mass is 10.1. The van der Waals surface area contributed by atoms with E-state index in [0.717, 1.165) is 51.0 Å². The van der Waals surface area contributed by atoms with E-state index in [-0.39, 0.29) is 22.4 Å². The number of furan rings is 1. The van der Waals surface area contributed by atoms with Crippen molar-refractivity contribution in [1.82, 2.24) is 14.5 Å². The van der Waals surface area contributed by atoms with Crippen molar-refractivity contribution in [2.45, 2.75) is 49.5 Å². The second-order valence-electron chi connectivity index (χ2n) is 8.30. The molecule has 2 aromatic rings. The third kappa shape index (κ3) is 5.02. The zero-order valence-electron chi connectivity index (χ0n) is 17.8. The molecule has 31 heavy (non-hydrogen) atoms. The van der Waals surface area contributed by atoms with Crippen LogP contribution < -0.4 is 5.32 Å². The van der Waals surface area contributed by atoms with E-state index in [4.69, 9.17) is 4.42 Å². The van der Waals surface area contributed by atoms with Gasteiger partial charge in [0.15, 0.2) is 0 Å². The van der Waals surface area contributed by atoms with Gasteiger partial charge in [0, 0.05) is 19.6 Å². The molecule has 168 valence electrons. The van der Waals surface area contributed by atoms with E-state index in [9.17, 15) is 13.2 Å². The first kappa shape index (κ1) is 22.0. The van der Waals surface area contributed by atoms with E-state index < -0.39 is 10.0 Å². The quantitative estimate of drug-likeness (QED) is 0.706. The van der Waals surface area contributed by atoms with Gasteiger partial charge in [-0.3, -0.25) is 9.69 Å². The number of amides is 1. The summed E-state index contributed by atoms with van der Waals surface area (Å²) < 4.78 is 33.6. The van der Waals surface area contributed by atoms with Gasteiger partial charge in [0.25, 0.3) is 5.91 Å². The van der Waals surface area contributed by atoms with E-state index in [2.05, 4.69) is 10.2 Å². The smallest absolute Gasteiger partial charge is 0.252 e. The van der Waals surface area contributed by atoms with Gasteiger partial charge in [-0.2, -0.15) is 4.31 Å². The molecule has 2 aliphatic rings. The maximum absolute atomic E-state index is 13.2. The first-order chi connectivity index (χ1) is 15.1. The molecule has 3 heterocycles. The predicted octanol–water partition coefficient (Wildman–Crippen LogP) is 3.41. The zero-order valence-corrected chi connectivity index (χ0v) is 18.6. The molecule has 2 saturated heterocycles. The average Bonchev–Trinajstić information content (AvgIpc) is 3.35. The molecule has 0 spiro atoms. The Hall–Kier alpha value is -2.16. The van der Waals surface area contributed by atoms with E-state index >= 15 is 0 Å². The Labute approximate surface area is 184 Å². The Morgan fingerprint density at radius 1 is 0.935 bits per heavy atom. The van der Waals surface area contributed by atoms with Crippen molar-refractivity contribution < 1.29 is 17.6 Å². The number of hydrogen-bond acceptors (Lipinski definition) is 5. The van der Waals surface area contributed by atoms with Crippen molar-refractivity contribution in [3.05, 3.63) is 54.0 Å². The summed E-state index contributed by atoms with van der Waals surface area (Å²) in [7, 11) is -3.70. The minimum atomic E-state index is -3.70. The fraction of sp³-hybridized carbons (Fsp3) is 0.522. The Morgan fingerprint density at radius 3 is 2.29 bits per heavy atom. The highest BCUT2D eigenvalue weighted by molar-refractivity contribution is 7.89. The van der Waals surface area contributed by atoms with Crippen molar-refractivity contribution in [3.8, 4) is 0 Å². The van der Waals surface area contributed by atoms with Gasteiger partial charge in [-0.25, -0.2) is 8.42 Å². The SMILES string of the molecule is O=C(NCC(c1ccco1)N1CCCCC1)c1ccccc1S(=O)(=O)N1CCCCC1. The van der Waals surface area contributed by atoms with Crippen LogP contribution in [-0.4, -0.2) is 56.3 Å². The topological polar surface area (TPSA) is 82.9 Å². The fourth-order valence-corrected chi connectivity index (χ4v) is 6.23. The third-order valence-corrected chi connectivity index (χ3v) is 8.18. The summed E-state index contributed by atoms with van der Waals surface area (Å²) in [5.74, 6) is 0.446. The maximum atomic E-state index is 13.2. The Balaban J connectivity index is 1.52. The summed E-state index contributed by atoms with van der Waals surface area (Å²) in [5.41, 5.74) is 0.199. The summed E-state index contributed by atoms with van der Waals surface area (Å²) in [5, 5.41) is 2.98. The van der Waals surface area contributed by atoms with E-state index in [1.54, 1.807) is 24.5 Å². The normalized spacial score (nSPS) is 19.7. The molecule has 2 fully saturated rings. The number of carbonyl (C=O) groups is 1. The van der Waals surface area contributed by atoms with E-state index in [0.29, 0.717) is 19.6 Å².